The minimum atomic E-state index is -4.57. The number of carbonyl (C=O) groups is 2. The first kappa shape index (κ1) is 31.9. The minimum Gasteiger partial charge on any atom is -0.493 e. The van der Waals surface area contributed by atoms with Gasteiger partial charge in [0.1, 0.15) is 18.9 Å². The van der Waals surface area contributed by atoms with E-state index in [2.05, 4.69) is 19.8 Å². The van der Waals surface area contributed by atoms with Crippen molar-refractivity contribution in [1.29, 1.82) is 0 Å². The van der Waals surface area contributed by atoms with Crippen LogP contribution in [0.1, 0.15) is 29.7 Å². The lowest BCUT2D eigenvalue weighted by molar-refractivity contribution is -0.166. The number of hydrogen-bond donors (Lipinski definition) is 1. The molecule has 2 aromatic rings. The number of nitrogens with zero attached hydrogens (tertiary/aromatic N) is 4. The summed E-state index contributed by atoms with van der Waals surface area (Å²) in [6, 6.07) is 5.21. The minimum absolute atomic E-state index is 0. The molecule has 1 aromatic heterocycles. The zero-order valence-electron chi connectivity index (χ0n) is 23.4. The first-order valence-electron chi connectivity index (χ1n) is 14.1. The second-order valence-electron chi connectivity index (χ2n) is 10.6. The summed E-state index contributed by atoms with van der Waals surface area (Å²) in [5, 5.41) is 3.26. The molecule has 1 fully saturated rings. The van der Waals surface area contributed by atoms with E-state index in [0.717, 1.165) is 49.1 Å². The van der Waals surface area contributed by atoms with Gasteiger partial charge in [-0.25, -0.2) is 4.98 Å². The molecular weight excluding hydrogens is 579 g/mol. The third kappa shape index (κ3) is 8.74. The molecule has 14 heteroatoms. The van der Waals surface area contributed by atoms with Gasteiger partial charge >= 0.3 is 12.1 Å². The Bertz CT molecular complexity index is 1200. The van der Waals surface area contributed by atoms with Gasteiger partial charge in [-0.1, -0.05) is 6.07 Å². The number of halogens is 4. The van der Waals surface area contributed by atoms with Gasteiger partial charge in [0.15, 0.2) is 0 Å². The van der Waals surface area contributed by atoms with Gasteiger partial charge in [0.2, 0.25) is 11.9 Å². The van der Waals surface area contributed by atoms with E-state index in [-0.39, 0.29) is 38.4 Å². The van der Waals surface area contributed by atoms with Crippen LogP contribution in [-0.4, -0.2) is 96.6 Å². The summed E-state index contributed by atoms with van der Waals surface area (Å²) in [7, 11) is 0. The molecule has 232 valence electrons. The van der Waals surface area contributed by atoms with E-state index in [4.69, 9.17) is 14.2 Å². The number of ether oxygens (including phenoxy) is 3. The maximum absolute atomic E-state index is 13.4. The van der Waals surface area contributed by atoms with Crippen LogP contribution in [0.15, 0.2) is 24.4 Å². The summed E-state index contributed by atoms with van der Waals surface area (Å²) in [4.78, 5) is 33.2. The molecule has 1 atom stereocenters. The number of morpholine rings is 1. The third-order valence-corrected chi connectivity index (χ3v) is 7.54. The van der Waals surface area contributed by atoms with Crippen LogP contribution < -0.4 is 10.1 Å². The molecule has 3 aliphatic heterocycles. The Balaban J connectivity index is 0.00000405. The van der Waals surface area contributed by atoms with Crippen LogP contribution >= 0.6 is 12.4 Å². The Morgan fingerprint density at radius 1 is 1.14 bits per heavy atom. The summed E-state index contributed by atoms with van der Waals surface area (Å²) in [6.07, 6.45) is -1.09. The molecule has 0 spiro atoms. The van der Waals surface area contributed by atoms with Crippen LogP contribution in [0.5, 0.6) is 5.75 Å². The van der Waals surface area contributed by atoms with Crippen LogP contribution in [0.25, 0.3) is 0 Å². The quantitative estimate of drug-likeness (QED) is 0.408. The fourth-order valence-electron chi connectivity index (χ4n) is 5.44. The summed E-state index contributed by atoms with van der Waals surface area (Å²) >= 11 is 0. The van der Waals surface area contributed by atoms with Gasteiger partial charge in [0, 0.05) is 51.9 Å². The zero-order chi connectivity index (χ0) is 28.8. The molecular formula is C28H37ClF3N5O5. The molecule has 0 bridgehead atoms. The van der Waals surface area contributed by atoms with E-state index in [1.165, 1.54) is 0 Å². The third-order valence-electron chi connectivity index (χ3n) is 7.54. The molecule has 1 amide bonds. The van der Waals surface area contributed by atoms with Crippen LogP contribution in [0.4, 0.5) is 19.1 Å². The van der Waals surface area contributed by atoms with Gasteiger partial charge in [-0.2, -0.15) is 13.2 Å². The lowest BCUT2D eigenvalue weighted by Crippen LogP contribution is -2.41. The smallest absolute Gasteiger partial charge is 0.406 e. The van der Waals surface area contributed by atoms with Crippen molar-refractivity contribution in [1.82, 2.24) is 19.4 Å². The first-order valence-corrected chi connectivity index (χ1v) is 14.1. The number of rotatable bonds is 10. The highest BCUT2D eigenvalue weighted by molar-refractivity contribution is 5.85. The van der Waals surface area contributed by atoms with Gasteiger partial charge in [-0.05, 0) is 36.1 Å². The molecule has 1 N–H and O–H groups in total. The highest BCUT2D eigenvalue weighted by atomic mass is 35.5. The van der Waals surface area contributed by atoms with E-state index in [1.807, 2.05) is 6.20 Å². The van der Waals surface area contributed by atoms with Gasteiger partial charge in [-0.15, -0.1) is 12.4 Å². The number of carbonyl (C=O) groups excluding carboxylic acids is 2. The van der Waals surface area contributed by atoms with E-state index >= 15 is 0 Å². The van der Waals surface area contributed by atoms with E-state index in [9.17, 15) is 22.8 Å². The van der Waals surface area contributed by atoms with Crippen LogP contribution in [0, 0.1) is 5.92 Å². The maximum Gasteiger partial charge on any atom is 0.406 e. The normalized spacial score (nSPS) is 19.2. The lowest BCUT2D eigenvalue weighted by atomic mass is 9.94. The van der Waals surface area contributed by atoms with Crippen molar-refractivity contribution in [2.24, 2.45) is 5.92 Å². The van der Waals surface area contributed by atoms with Crippen LogP contribution in [0.2, 0.25) is 0 Å². The van der Waals surface area contributed by atoms with Crippen molar-refractivity contribution in [2.45, 2.75) is 44.9 Å². The summed E-state index contributed by atoms with van der Waals surface area (Å²) in [6.45, 7) is 3.98. The van der Waals surface area contributed by atoms with Crippen molar-refractivity contribution < 1.29 is 37.0 Å². The van der Waals surface area contributed by atoms with Gasteiger partial charge in [-0.3, -0.25) is 14.5 Å². The highest BCUT2D eigenvalue weighted by Crippen LogP contribution is 2.30. The maximum atomic E-state index is 13.4. The molecule has 3 aliphatic rings. The molecule has 5 rings (SSSR count). The molecule has 0 aliphatic carbocycles. The lowest BCUT2D eigenvalue weighted by Gasteiger charge is -2.26. The number of benzene rings is 1. The van der Waals surface area contributed by atoms with Gasteiger partial charge in [0.05, 0.1) is 37.9 Å². The number of aromatic nitrogens is 2. The van der Waals surface area contributed by atoms with Crippen molar-refractivity contribution in [3.63, 3.8) is 0 Å². The van der Waals surface area contributed by atoms with Crippen LogP contribution in [0.3, 0.4) is 0 Å². The molecule has 1 saturated heterocycles. The van der Waals surface area contributed by atoms with Crippen molar-refractivity contribution in [3.8, 4) is 5.75 Å². The van der Waals surface area contributed by atoms with E-state index in [0.29, 0.717) is 49.7 Å². The average Bonchev–Trinajstić information content (AvgIpc) is 3.31. The molecule has 42 heavy (non-hydrogen) atoms. The zero-order valence-corrected chi connectivity index (χ0v) is 24.2. The number of esters is 1. The Kier molecular flexibility index (Phi) is 11.0. The number of aryl methyl sites for hydroxylation is 1. The largest absolute Gasteiger partial charge is 0.493 e. The fourth-order valence-corrected chi connectivity index (χ4v) is 5.44. The fraction of sp³-hybridized carbons (Fsp3) is 0.607. The number of anilines is 1. The second kappa shape index (κ2) is 14.4. The predicted octanol–water partition coefficient (Wildman–Crippen LogP) is 3.07. The predicted molar refractivity (Wildman–Crippen MR) is 150 cm³/mol. The average molecular weight is 616 g/mol. The summed E-state index contributed by atoms with van der Waals surface area (Å²) in [5.74, 6) is -0.888. The van der Waals surface area contributed by atoms with E-state index in [1.54, 1.807) is 18.2 Å². The van der Waals surface area contributed by atoms with Crippen molar-refractivity contribution >= 4 is 30.2 Å². The molecule has 10 nitrogen and oxygen atoms in total. The molecule has 0 radical (unpaired) electrons. The summed E-state index contributed by atoms with van der Waals surface area (Å²) in [5.41, 5.74) is 2.19. The Morgan fingerprint density at radius 3 is 2.71 bits per heavy atom. The SMILES string of the molecule is Cl.O=C(C[C@@H]1Cc2ccc(OCCc3cn4c(n3)NCCC4)cc2CN(CC(F)(F)F)C1=O)OCCN1CCOCC1. The standard InChI is InChI=1S/C28H36F3N5O5.ClH/c29-28(30,31)19-36-17-22-15-24(40-10-4-23-18-35-6-1-5-32-27(35)33-23)3-2-20(22)14-21(26(36)38)16-25(37)41-13-9-34-7-11-39-12-8-34;/h2-3,15,18,21H,1,4-14,16-17,19H2,(H,32,33);1H/t21-;/m0./s1. The monoisotopic (exact) mass is 615 g/mol. The Hall–Kier alpha value is -3.03. The Morgan fingerprint density at radius 2 is 1.95 bits per heavy atom. The molecule has 1 aromatic carbocycles. The number of amides is 1. The molecule has 0 unspecified atom stereocenters. The summed E-state index contributed by atoms with van der Waals surface area (Å²) < 4.78 is 58.9. The highest BCUT2D eigenvalue weighted by Gasteiger charge is 2.38. The first-order chi connectivity index (χ1) is 19.7. The van der Waals surface area contributed by atoms with Gasteiger partial charge in [0.25, 0.3) is 0 Å². The molecule has 4 heterocycles. The number of alkyl halides is 3. The van der Waals surface area contributed by atoms with Crippen molar-refractivity contribution in [2.75, 3.05) is 64.5 Å². The number of imidazole rings is 1. The van der Waals surface area contributed by atoms with Gasteiger partial charge < -0.3 is 29.0 Å². The number of fused-ring (bicyclic) bond motifs is 2. The number of hydrogen-bond acceptors (Lipinski definition) is 8. The topological polar surface area (TPSA) is 98.2 Å². The van der Waals surface area contributed by atoms with Crippen LogP contribution in [-0.2, 0) is 45.0 Å². The van der Waals surface area contributed by atoms with Crippen molar-refractivity contribution in [3.05, 3.63) is 41.2 Å². The van der Waals surface area contributed by atoms with E-state index < -0.39 is 30.5 Å². The Labute approximate surface area is 248 Å². The molecule has 0 saturated carbocycles. The second-order valence-corrected chi connectivity index (χ2v) is 10.6. The number of nitrogens with one attached hydrogen (secondary N) is 1.